The highest BCUT2D eigenvalue weighted by Gasteiger charge is 2.17. The molecule has 0 fully saturated rings. The molecule has 0 aliphatic heterocycles. The quantitative estimate of drug-likeness (QED) is 0.846. The van der Waals surface area contributed by atoms with Crippen LogP contribution in [-0.4, -0.2) is 36.1 Å². The summed E-state index contributed by atoms with van der Waals surface area (Å²) in [5.74, 6) is 0. The first-order chi connectivity index (χ1) is 9.78. The first kappa shape index (κ1) is 17.5. The molecule has 1 aromatic rings. The van der Waals surface area contributed by atoms with Gasteiger partial charge < -0.3 is 19.9 Å². The monoisotopic (exact) mass is 295 g/mol. The zero-order valence-corrected chi connectivity index (χ0v) is 13.1. The van der Waals surface area contributed by atoms with E-state index in [4.69, 9.17) is 9.47 Å². The molecule has 0 aliphatic rings. The van der Waals surface area contributed by atoms with Crippen LogP contribution in [0.1, 0.15) is 39.4 Å². The van der Waals surface area contributed by atoms with Crippen molar-refractivity contribution in [3.8, 4) is 0 Å². The third-order valence-electron chi connectivity index (χ3n) is 2.69. The van der Waals surface area contributed by atoms with Crippen LogP contribution in [0.3, 0.4) is 0 Å². The van der Waals surface area contributed by atoms with Gasteiger partial charge in [-0.25, -0.2) is 4.79 Å². The van der Waals surface area contributed by atoms with Gasteiger partial charge in [0.25, 0.3) is 0 Å². The standard InChI is InChI=1S/C16H25NO4/c1-12(13-8-6-5-7-9-13)20-11-14(18)10-17-15(19)21-16(2,3)4/h5-9,12,14,18H,10-11H2,1-4H3,(H,17,19). The summed E-state index contributed by atoms with van der Waals surface area (Å²) in [5, 5.41) is 12.3. The number of hydrogen-bond donors (Lipinski definition) is 2. The number of alkyl carbamates (subject to hydrolysis) is 1. The Balaban J connectivity index is 2.25. The van der Waals surface area contributed by atoms with E-state index in [0.29, 0.717) is 0 Å². The lowest BCUT2D eigenvalue weighted by atomic mass is 10.1. The summed E-state index contributed by atoms with van der Waals surface area (Å²) >= 11 is 0. The van der Waals surface area contributed by atoms with E-state index in [9.17, 15) is 9.90 Å². The molecule has 5 heteroatoms. The summed E-state index contributed by atoms with van der Waals surface area (Å²) in [6.45, 7) is 7.51. The summed E-state index contributed by atoms with van der Waals surface area (Å²) in [4.78, 5) is 11.4. The van der Waals surface area contributed by atoms with Crippen molar-refractivity contribution in [2.45, 2.75) is 45.5 Å². The van der Waals surface area contributed by atoms with Crippen LogP contribution in [0.25, 0.3) is 0 Å². The molecule has 2 atom stereocenters. The molecule has 0 aromatic heterocycles. The highest BCUT2D eigenvalue weighted by molar-refractivity contribution is 5.67. The summed E-state index contributed by atoms with van der Waals surface area (Å²) in [6, 6.07) is 9.76. The van der Waals surface area contributed by atoms with Gasteiger partial charge in [0.1, 0.15) is 5.60 Å². The van der Waals surface area contributed by atoms with Crippen LogP contribution >= 0.6 is 0 Å². The summed E-state index contributed by atoms with van der Waals surface area (Å²) < 4.78 is 10.7. The Morgan fingerprint density at radius 3 is 2.48 bits per heavy atom. The maximum absolute atomic E-state index is 11.4. The van der Waals surface area contributed by atoms with Gasteiger partial charge in [0.05, 0.1) is 18.8 Å². The van der Waals surface area contributed by atoms with Crippen molar-refractivity contribution >= 4 is 6.09 Å². The minimum Gasteiger partial charge on any atom is -0.444 e. The van der Waals surface area contributed by atoms with Crippen LogP contribution in [0.2, 0.25) is 0 Å². The van der Waals surface area contributed by atoms with Gasteiger partial charge in [-0.2, -0.15) is 0 Å². The second-order valence-electron chi connectivity index (χ2n) is 5.92. The number of amides is 1. The third-order valence-corrected chi connectivity index (χ3v) is 2.69. The number of hydrogen-bond acceptors (Lipinski definition) is 4. The second kappa shape index (κ2) is 8.00. The van der Waals surface area contributed by atoms with Crippen LogP contribution in [-0.2, 0) is 9.47 Å². The molecule has 5 nitrogen and oxygen atoms in total. The molecule has 0 radical (unpaired) electrons. The number of benzene rings is 1. The van der Waals surface area contributed by atoms with Crippen molar-refractivity contribution in [2.75, 3.05) is 13.2 Å². The number of carbonyl (C=O) groups is 1. The smallest absolute Gasteiger partial charge is 0.407 e. The Morgan fingerprint density at radius 1 is 1.29 bits per heavy atom. The second-order valence-corrected chi connectivity index (χ2v) is 5.92. The highest BCUT2D eigenvalue weighted by Crippen LogP contribution is 2.15. The maximum atomic E-state index is 11.4. The lowest BCUT2D eigenvalue weighted by molar-refractivity contribution is -0.00414. The fourth-order valence-corrected chi connectivity index (χ4v) is 1.65. The Kier molecular flexibility index (Phi) is 6.65. The average molecular weight is 295 g/mol. The summed E-state index contributed by atoms with van der Waals surface area (Å²) in [7, 11) is 0. The zero-order valence-electron chi connectivity index (χ0n) is 13.1. The predicted octanol–water partition coefficient (Wildman–Crippen LogP) is 2.65. The van der Waals surface area contributed by atoms with Crippen molar-refractivity contribution in [2.24, 2.45) is 0 Å². The topological polar surface area (TPSA) is 67.8 Å². The molecule has 2 unspecified atom stereocenters. The molecule has 1 aromatic carbocycles. The minimum atomic E-state index is -0.774. The molecule has 0 bridgehead atoms. The fourth-order valence-electron chi connectivity index (χ4n) is 1.65. The Labute approximate surface area is 126 Å². The van der Waals surface area contributed by atoms with Crippen LogP contribution in [0.15, 0.2) is 30.3 Å². The molecule has 0 saturated carbocycles. The van der Waals surface area contributed by atoms with Crippen LogP contribution in [0.4, 0.5) is 4.79 Å². The third kappa shape index (κ3) is 7.68. The molecule has 1 amide bonds. The van der Waals surface area contributed by atoms with Crippen LogP contribution < -0.4 is 5.32 Å². The highest BCUT2D eigenvalue weighted by atomic mass is 16.6. The summed E-state index contributed by atoms with van der Waals surface area (Å²) in [5.41, 5.74) is 0.498. The van der Waals surface area contributed by atoms with E-state index in [1.807, 2.05) is 37.3 Å². The van der Waals surface area contributed by atoms with Crippen molar-refractivity contribution in [1.29, 1.82) is 0 Å². The Morgan fingerprint density at radius 2 is 1.90 bits per heavy atom. The first-order valence-corrected chi connectivity index (χ1v) is 7.09. The largest absolute Gasteiger partial charge is 0.444 e. The van der Waals surface area contributed by atoms with Gasteiger partial charge in [0.2, 0.25) is 0 Å². The number of carbonyl (C=O) groups excluding carboxylic acids is 1. The van der Waals surface area contributed by atoms with Gasteiger partial charge in [-0.3, -0.25) is 0 Å². The SMILES string of the molecule is CC(OCC(O)CNC(=O)OC(C)(C)C)c1ccccc1. The molecular weight excluding hydrogens is 270 g/mol. The summed E-state index contributed by atoms with van der Waals surface area (Å²) in [6.07, 6.45) is -1.43. The molecule has 0 heterocycles. The van der Waals surface area contributed by atoms with E-state index < -0.39 is 17.8 Å². The molecule has 1 rings (SSSR count). The number of aliphatic hydroxyl groups is 1. The molecule has 0 spiro atoms. The van der Waals surface area contributed by atoms with Crippen molar-refractivity contribution in [3.05, 3.63) is 35.9 Å². The average Bonchev–Trinajstić information content (AvgIpc) is 2.41. The van der Waals surface area contributed by atoms with Crippen molar-refractivity contribution in [1.82, 2.24) is 5.32 Å². The first-order valence-electron chi connectivity index (χ1n) is 7.09. The number of rotatable bonds is 6. The molecule has 118 valence electrons. The molecule has 2 N–H and O–H groups in total. The van der Waals surface area contributed by atoms with Gasteiger partial charge in [-0.1, -0.05) is 30.3 Å². The van der Waals surface area contributed by atoms with Crippen molar-refractivity contribution in [3.63, 3.8) is 0 Å². The van der Waals surface area contributed by atoms with E-state index >= 15 is 0 Å². The van der Waals surface area contributed by atoms with Crippen molar-refractivity contribution < 1.29 is 19.4 Å². The predicted molar refractivity (Wildman–Crippen MR) is 81.1 cm³/mol. The molecule has 0 saturated heterocycles. The van der Waals surface area contributed by atoms with E-state index in [0.717, 1.165) is 5.56 Å². The van der Waals surface area contributed by atoms with Crippen LogP contribution in [0, 0.1) is 0 Å². The Hall–Kier alpha value is -1.59. The van der Waals surface area contributed by atoms with E-state index in [2.05, 4.69) is 5.32 Å². The maximum Gasteiger partial charge on any atom is 0.407 e. The molecule has 0 aliphatic carbocycles. The lowest BCUT2D eigenvalue weighted by Gasteiger charge is -2.21. The fraction of sp³-hybridized carbons (Fsp3) is 0.562. The van der Waals surface area contributed by atoms with E-state index in [-0.39, 0.29) is 19.3 Å². The van der Waals surface area contributed by atoms with Gasteiger partial charge in [0.15, 0.2) is 0 Å². The van der Waals surface area contributed by atoms with Gasteiger partial charge in [-0.05, 0) is 33.3 Å². The normalized spacial score (nSPS) is 14.3. The lowest BCUT2D eigenvalue weighted by Crippen LogP contribution is -2.38. The number of nitrogens with one attached hydrogen (secondary N) is 1. The molecular formula is C16H25NO4. The number of ether oxygens (including phenoxy) is 2. The van der Waals surface area contributed by atoms with E-state index in [1.54, 1.807) is 20.8 Å². The van der Waals surface area contributed by atoms with Gasteiger partial charge in [-0.15, -0.1) is 0 Å². The minimum absolute atomic E-state index is 0.0937. The van der Waals surface area contributed by atoms with E-state index in [1.165, 1.54) is 0 Å². The van der Waals surface area contributed by atoms with Gasteiger partial charge >= 0.3 is 6.09 Å². The Bertz CT molecular complexity index is 428. The zero-order chi connectivity index (χ0) is 15.9. The molecule has 21 heavy (non-hydrogen) atoms. The van der Waals surface area contributed by atoms with Gasteiger partial charge in [0, 0.05) is 6.54 Å². The number of aliphatic hydroxyl groups excluding tert-OH is 1. The van der Waals surface area contributed by atoms with Crippen LogP contribution in [0.5, 0.6) is 0 Å².